The molecule has 0 atom stereocenters. The maximum atomic E-state index is 12.6. The number of halogens is 1. The molecule has 3 nitrogen and oxygen atoms in total. The zero-order chi connectivity index (χ0) is 12.5. The van der Waals surface area contributed by atoms with Crippen LogP contribution in [0.2, 0.25) is 0 Å². The van der Waals surface area contributed by atoms with E-state index in [1.165, 1.54) is 24.3 Å². The number of rotatable bonds is 5. The highest BCUT2D eigenvalue weighted by Crippen LogP contribution is 2.07. The molecule has 2 amide bonds. The smallest absolute Gasteiger partial charge is 0.319 e. The van der Waals surface area contributed by atoms with Gasteiger partial charge >= 0.3 is 6.03 Å². The predicted octanol–water partition coefficient (Wildman–Crippen LogP) is 2.75. The second-order valence-electron chi connectivity index (χ2n) is 3.55. The molecular formula is C13H15FN2O. The molecule has 0 aliphatic heterocycles. The first kappa shape index (κ1) is 13.0. The molecule has 0 bridgehead atoms. The number of benzene rings is 1. The highest BCUT2D eigenvalue weighted by molar-refractivity contribution is 5.89. The van der Waals surface area contributed by atoms with Crippen LogP contribution < -0.4 is 10.6 Å². The first-order valence-corrected chi connectivity index (χ1v) is 5.46. The third kappa shape index (κ3) is 5.57. The summed E-state index contributed by atoms with van der Waals surface area (Å²) in [5.74, 6) is 2.21. The van der Waals surface area contributed by atoms with E-state index in [0.717, 1.165) is 19.3 Å². The number of terminal acetylenes is 1. The summed E-state index contributed by atoms with van der Waals surface area (Å²) in [4.78, 5) is 11.4. The van der Waals surface area contributed by atoms with Gasteiger partial charge < -0.3 is 10.6 Å². The van der Waals surface area contributed by atoms with E-state index >= 15 is 0 Å². The normalized spacial score (nSPS) is 9.41. The Kier molecular flexibility index (Phi) is 5.59. The van der Waals surface area contributed by atoms with Crippen molar-refractivity contribution in [3.05, 3.63) is 30.1 Å². The van der Waals surface area contributed by atoms with Crippen LogP contribution in [0.1, 0.15) is 19.3 Å². The van der Waals surface area contributed by atoms with Crippen LogP contribution >= 0.6 is 0 Å². The Bertz CT molecular complexity index is 395. The van der Waals surface area contributed by atoms with Gasteiger partial charge in [-0.25, -0.2) is 9.18 Å². The number of hydrogen-bond acceptors (Lipinski definition) is 1. The van der Waals surface area contributed by atoms with Crippen molar-refractivity contribution in [3.8, 4) is 12.3 Å². The lowest BCUT2D eigenvalue weighted by Gasteiger charge is -2.06. The summed E-state index contributed by atoms with van der Waals surface area (Å²) in [6.07, 6.45) is 7.57. The van der Waals surface area contributed by atoms with Gasteiger partial charge in [0.1, 0.15) is 5.82 Å². The van der Waals surface area contributed by atoms with E-state index in [2.05, 4.69) is 16.6 Å². The standard InChI is InChI=1S/C13H15FN2O/c1-2-3-4-5-10-15-13(17)16-12-8-6-11(14)7-9-12/h1,6-9H,3-5,10H2,(H2,15,16,17). The van der Waals surface area contributed by atoms with Crippen molar-refractivity contribution >= 4 is 11.7 Å². The molecule has 0 fully saturated rings. The Morgan fingerprint density at radius 2 is 2.00 bits per heavy atom. The molecule has 1 aromatic rings. The molecular weight excluding hydrogens is 219 g/mol. The maximum Gasteiger partial charge on any atom is 0.319 e. The van der Waals surface area contributed by atoms with Crippen molar-refractivity contribution in [1.29, 1.82) is 0 Å². The molecule has 90 valence electrons. The lowest BCUT2D eigenvalue weighted by Crippen LogP contribution is -2.29. The van der Waals surface area contributed by atoms with Crippen LogP contribution in [0.4, 0.5) is 14.9 Å². The molecule has 0 aromatic heterocycles. The van der Waals surface area contributed by atoms with Gasteiger partial charge in [-0.2, -0.15) is 0 Å². The number of unbranched alkanes of at least 4 members (excludes halogenated alkanes) is 2. The third-order valence-electron chi connectivity index (χ3n) is 2.14. The van der Waals surface area contributed by atoms with Crippen molar-refractivity contribution in [3.63, 3.8) is 0 Å². The van der Waals surface area contributed by atoms with Crippen molar-refractivity contribution in [1.82, 2.24) is 5.32 Å². The van der Waals surface area contributed by atoms with Crippen molar-refractivity contribution < 1.29 is 9.18 Å². The molecule has 1 rings (SSSR count). The van der Waals surface area contributed by atoms with Gasteiger partial charge in [0.05, 0.1) is 0 Å². The molecule has 4 heteroatoms. The van der Waals surface area contributed by atoms with E-state index in [4.69, 9.17) is 6.42 Å². The molecule has 0 unspecified atom stereocenters. The molecule has 0 radical (unpaired) electrons. The highest BCUT2D eigenvalue weighted by Gasteiger charge is 2.00. The number of carbonyl (C=O) groups is 1. The fraction of sp³-hybridized carbons (Fsp3) is 0.308. The largest absolute Gasteiger partial charge is 0.338 e. The van der Waals surface area contributed by atoms with Crippen molar-refractivity contribution in [2.75, 3.05) is 11.9 Å². The van der Waals surface area contributed by atoms with Gasteiger partial charge in [-0.15, -0.1) is 12.3 Å². The van der Waals surface area contributed by atoms with Crippen LogP contribution in [0.3, 0.4) is 0 Å². The van der Waals surface area contributed by atoms with Crippen LogP contribution in [0, 0.1) is 18.2 Å². The van der Waals surface area contributed by atoms with E-state index in [1.54, 1.807) is 0 Å². The lowest BCUT2D eigenvalue weighted by molar-refractivity contribution is 0.252. The Labute approximate surface area is 100 Å². The summed E-state index contributed by atoms with van der Waals surface area (Å²) in [6.45, 7) is 0.578. The van der Waals surface area contributed by atoms with Gasteiger partial charge in [0, 0.05) is 18.7 Å². The average Bonchev–Trinajstić information content (AvgIpc) is 2.32. The Hall–Kier alpha value is -2.02. The van der Waals surface area contributed by atoms with Crippen LogP contribution in [-0.2, 0) is 0 Å². The molecule has 1 aromatic carbocycles. The summed E-state index contributed by atoms with van der Waals surface area (Å²) in [5, 5.41) is 5.30. The highest BCUT2D eigenvalue weighted by atomic mass is 19.1. The number of anilines is 1. The van der Waals surface area contributed by atoms with Gasteiger partial charge in [-0.1, -0.05) is 0 Å². The van der Waals surface area contributed by atoms with Crippen LogP contribution in [0.25, 0.3) is 0 Å². The van der Waals surface area contributed by atoms with Gasteiger partial charge in [0.25, 0.3) is 0 Å². The fourth-order valence-corrected chi connectivity index (χ4v) is 1.26. The summed E-state index contributed by atoms with van der Waals surface area (Å²) in [7, 11) is 0. The summed E-state index contributed by atoms with van der Waals surface area (Å²) in [6, 6.07) is 5.31. The minimum absolute atomic E-state index is 0.294. The third-order valence-corrected chi connectivity index (χ3v) is 2.14. The second-order valence-corrected chi connectivity index (χ2v) is 3.55. The summed E-state index contributed by atoms with van der Waals surface area (Å²) < 4.78 is 12.6. The topological polar surface area (TPSA) is 41.1 Å². The van der Waals surface area contributed by atoms with Crippen LogP contribution in [0.5, 0.6) is 0 Å². The monoisotopic (exact) mass is 234 g/mol. The summed E-state index contributed by atoms with van der Waals surface area (Å²) >= 11 is 0. The second kappa shape index (κ2) is 7.29. The fourth-order valence-electron chi connectivity index (χ4n) is 1.26. The predicted molar refractivity (Wildman–Crippen MR) is 66.1 cm³/mol. The first-order chi connectivity index (χ1) is 8.22. The van der Waals surface area contributed by atoms with Crippen molar-refractivity contribution in [2.45, 2.75) is 19.3 Å². The molecule has 0 saturated heterocycles. The molecule has 0 aliphatic rings. The number of amides is 2. The number of hydrogen-bond donors (Lipinski definition) is 2. The van der Waals surface area contributed by atoms with E-state index in [9.17, 15) is 9.18 Å². The summed E-state index contributed by atoms with van der Waals surface area (Å²) in [5.41, 5.74) is 0.563. The molecule has 0 aliphatic carbocycles. The minimum Gasteiger partial charge on any atom is -0.338 e. The molecule has 0 heterocycles. The zero-order valence-electron chi connectivity index (χ0n) is 9.50. The molecule has 0 spiro atoms. The molecule has 2 N–H and O–H groups in total. The Balaban J connectivity index is 2.21. The first-order valence-electron chi connectivity index (χ1n) is 5.46. The quantitative estimate of drug-likeness (QED) is 0.597. The van der Waals surface area contributed by atoms with Gasteiger partial charge in [0.2, 0.25) is 0 Å². The van der Waals surface area contributed by atoms with Gasteiger partial charge in [-0.3, -0.25) is 0 Å². The van der Waals surface area contributed by atoms with Crippen molar-refractivity contribution in [2.24, 2.45) is 0 Å². The Morgan fingerprint density at radius 1 is 1.29 bits per heavy atom. The minimum atomic E-state index is -0.328. The lowest BCUT2D eigenvalue weighted by atomic mass is 10.2. The Morgan fingerprint density at radius 3 is 2.65 bits per heavy atom. The van der Waals surface area contributed by atoms with Crippen LogP contribution in [-0.4, -0.2) is 12.6 Å². The van der Waals surface area contributed by atoms with E-state index in [0.29, 0.717) is 12.2 Å². The van der Waals surface area contributed by atoms with Gasteiger partial charge in [0.15, 0.2) is 0 Å². The van der Waals surface area contributed by atoms with E-state index in [-0.39, 0.29) is 11.8 Å². The molecule has 17 heavy (non-hydrogen) atoms. The average molecular weight is 234 g/mol. The van der Waals surface area contributed by atoms with Crippen LogP contribution in [0.15, 0.2) is 24.3 Å². The number of urea groups is 1. The molecule has 0 saturated carbocycles. The maximum absolute atomic E-state index is 12.6. The number of carbonyl (C=O) groups excluding carboxylic acids is 1. The SMILES string of the molecule is C#CCCCCNC(=O)Nc1ccc(F)cc1. The van der Waals surface area contributed by atoms with E-state index in [1.807, 2.05) is 0 Å². The van der Waals surface area contributed by atoms with Gasteiger partial charge in [-0.05, 0) is 37.1 Å². The zero-order valence-corrected chi connectivity index (χ0v) is 9.50. The van der Waals surface area contributed by atoms with E-state index < -0.39 is 0 Å². The number of nitrogens with one attached hydrogen (secondary N) is 2.